The molecule has 1 N–H and O–H groups in total. The molecule has 0 amide bonds. The molecule has 0 aliphatic heterocycles. The van der Waals surface area contributed by atoms with Crippen LogP contribution in [0.5, 0.6) is 0 Å². The predicted octanol–water partition coefficient (Wildman–Crippen LogP) is 3.76. The second-order valence-electron chi connectivity index (χ2n) is 4.23. The van der Waals surface area contributed by atoms with Gasteiger partial charge in [0.15, 0.2) is 0 Å². The average Bonchev–Trinajstić information content (AvgIpc) is 2.40. The van der Waals surface area contributed by atoms with Crippen molar-refractivity contribution >= 4 is 5.69 Å². The van der Waals surface area contributed by atoms with Crippen LogP contribution in [-0.2, 0) is 6.54 Å². The molecule has 0 aliphatic carbocycles. The van der Waals surface area contributed by atoms with E-state index in [1.54, 1.807) is 18.2 Å². The SMILES string of the molecule is Cc1cc(C#N)ccc1CNc1cc(F)ccc1F. The van der Waals surface area contributed by atoms with E-state index < -0.39 is 11.6 Å². The van der Waals surface area contributed by atoms with E-state index in [0.717, 1.165) is 29.3 Å². The number of aryl methyl sites for hydroxylation is 1. The first-order valence-electron chi connectivity index (χ1n) is 5.78. The fourth-order valence-corrected chi connectivity index (χ4v) is 1.79. The van der Waals surface area contributed by atoms with E-state index in [-0.39, 0.29) is 5.69 Å². The molecule has 2 aromatic carbocycles. The molecular weight excluding hydrogens is 246 g/mol. The Labute approximate surface area is 110 Å². The average molecular weight is 258 g/mol. The van der Waals surface area contributed by atoms with Crippen molar-refractivity contribution in [2.24, 2.45) is 0 Å². The number of nitrogens with one attached hydrogen (secondary N) is 1. The standard InChI is InChI=1S/C15H12F2N2/c1-10-6-11(8-18)2-3-12(10)9-19-15-7-13(16)4-5-14(15)17/h2-7,19H,9H2,1H3. The molecule has 2 aromatic rings. The van der Waals surface area contributed by atoms with Crippen molar-refractivity contribution in [2.45, 2.75) is 13.5 Å². The van der Waals surface area contributed by atoms with Gasteiger partial charge in [-0.1, -0.05) is 6.07 Å². The normalized spacial score (nSPS) is 10.0. The first kappa shape index (κ1) is 13.0. The highest BCUT2D eigenvalue weighted by molar-refractivity contribution is 5.46. The van der Waals surface area contributed by atoms with Crippen molar-refractivity contribution < 1.29 is 8.78 Å². The highest BCUT2D eigenvalue weighted by Crippen LogP contribution is 2.18. The summed E-state index contributed by atoms with van der Waals surface area (Å²) in [5.74, 6) is -0.979. The number of hydrogen-bond acceptors (Lipinski definition) is 2. The molecule has 0 aromatic heterocycles. The molecule has 2 rings (SSSR count). The lowest BCUT2D eigenvalue weighted by Crippen LogP contribution is -2.03. The van der Waals surface area contributed by atoms with E-state index in [2.05, 4.69) is 11.4 Å². The van der Waals surface area contributed by atoms with Crippen LogP contribution in [0.2, 0.25) is 0 Å². The molecule has 0 spiro atoms. The molecule has 0 fully saturated rings. The van der Waals surface area contributed by atoms with E-state index in [9.17, 15) is 8.78 Å². The molecule has 0 atom stereocenters. The van der Waals surface area contributed by atoms with Gasteiger partial charge in [-0.15, -0.1) is 0 Å². The third kappa shape index (κ3) is 3.08. The van der Waals surface area contributed by atoms with E-state index in [4.69, 9.17) is 5.26 Å². The van der Waals surface area contributed by atoms with E-state index in [1.165, 1.54) is 0 Å². The predicted molar refractivity (Wildman–Crippen MR) is 69.6 cm³/mol. The first-order valence-corrected chi connectivity index (χ1v) is 5.78. The van der Waals surface area contributed by atoms with Crippen LogP contribution in [-0.4, -0.2) is 0 Å². The number of nitrogens with zero attached hydrogens (tertiary/aromatic N) is 1. The minimum atomic E-state index is -0.493. The fraction of sp³-hybridized carbons (Fsp3) is 0.133. The molecule has 0 aliphatic rings. The van der Waals surface area contributed by atoms with Gasteiger partial charge in [-0.05, 0) is 48.4 Å². The topological polar surface area (TPSA) is 35.8 Å². The van der Waals surface area contributed by atoms with E-state index >= 15 is 0 Å². The summed E-state index contributed by atoms with van der Waals surface area (Å²) in [5, 5.41) is 11.6. The highest BCUT2D eigenvalue weighted by Gasteiger charge is 2.05. The van der Waals surface area contributed by atoms with Gasteiger partial charge < -0.3 is 5.32 Å². The minimum absolute atomic E-state index is 0.128. The molecule has 0 heterocycles. The molecule has 0 bridgehead atoms. The zero-order valence-electron chi connectivity index (χ0n) is 10.4. The maximum Gasteiger partial charge on any atom is 0.146 e. The van der Waals surface area contributed by atoms with Crippen molar-refractivity contribution in [1.29, 1.82) is 5.26 Å². The maximum atomic E-state index is 13.4. The zero-order valence-corrected chi connectivity index (χ0v) is 10.4. The van der Waals surface area contributed by atoms with Crippen LogP contribution in [0.25, 0.3) is 0 Å². The Balaban J connectivity index is 2.15. The summed E-state index contributed by atoms with van der Waals surface area (Å²) < 4.78 is 26.4. The van der Waals surface area contributed by atoms with E-state index in [0.29, 0.717) is 12.1 Å². The van der Waals surface area contributed by atoms with Crippen molar-refractivity contribution in [3.8, 4) is 6.07 Å². The summed E-state index contributed by atoms with van der Waals surface area (Å²) in [6.07, 6.45) is 0. The molecule has 0 saturated heterocycles. The summed E-state index contributed by atoms with van der Waals surface area (Å²) in [6, 6.07) is 10.6. The summed E-state index contributed by atoms with van der Waals surface area (Å²) in [6.45, 7) is 2.25. The van der Waals surface area contributed by atoms with Gasteiger partial charge in [0.1, 0.15) is 11.6 Å². The number of hydrogen-bond donors (Lipinski definition) is 1. The quantitative estimate of drug-likeness (QED) is 0.909. The highest BCUT2D eigenvalue weighted by atomic mass is 19.1. The largest absolute Gasteiger partial charge is 0.379 e. The summed E-state index contributed by atoms with van der Waals surface area (Å²) in [7, 11) is 0. The van der Waals surface area contributed by atoms with Crippen molar-refractivity contribution in [3.05, 3.63) is 64.7 Å². The second kappa shape index (κ2) is 5.49. The van der Waals surface area contributed by atoms with Gasteiger partial charge >= 0.3 is 0 Å². The summed E-state index contributed by atoms with van der Waals surface area (Å²) >= 11 is 0. The van der Waals surface area contributed by atoms with Gasteiger partial charge in [0.05, 0.1) is 17.3 Å². The monoisotopic (exact) mass is 258 g/mol. The lowest BCUT2D eigenvalue weighted by Gasteiger charge is -2.10. The summed E-state index contributed by atoms with van der Waals surface area (Å²) in [4.78, 5) is 0. The molecule has 0 radical (unpaired) electrons. The maximum absolute atomic E-state index is 13.4. The lowest BCUT2D eigenvalue weighted by atomic mass is 10.1. The number of rotatable bonds is 3. The van der Waals surface area contributed by atoms with Crippen LogP contribution >= 0.6 is 0 Å². The van der Waals surface area contributed by atoms with Gasteiger partial charge in [0, 0.05) is 6.54 Å². The van der Waals surface area contributed by atoms with Gasteiger partial charge in [-0.2, -0.15) is 5.26 Å². The summed E-state index contributed by atoms with van der Waals surface area (Å²) in [5.41, 5.74) is 2.58. The van der Waals surface area contributed by atoms with Crippen molar-refractivity contribution in [3.63, 3.8) is 0 Å². The third-order valence-electron chi connectivity index (χ3n) is 2.87. The minimum Gasteiger partial charge on any atom is -0.379 e. The molecule has 4 heteroatoms. The van der Waals surface area contributed by atoms with Crippen molar-refractivity contribution in [2.75, 3.05) is 5.32 Å². The number of nitriles is 1. The third-order valence-corrected chi connectivity index (χ3v) is 2.87. The Hall–Kier alpha value is -2.41. The molecule has 96 valence electrons. The van der Waals surface area contributed by atoms with E-state index in [1.807, 2.05) is 6.92 Å². The molecule has 2 nitrogen and oxygen atoms in total. The van der Waals surface area contributed by atoms with Gasteiger partial charge in [-0.3, -0.25) is 0 Å². The smallest absolute Gasteiger partial charge is 0.146 e. The van der Waals surface area contributed by atoms with Crippen molar-refractivity contribution in [1.82, 2.24) is 0 Å². The van der Waals surface area contributed by atoms with Crippen LogP contribution in [0.1, 0.15) is 16.7 Å². The fourth-order valence-electron chi connectivity index (χ4n) is 1.79. The van der Waals surface area contributed by atoms with Gasteiger partial charge in [-0.25, -0.2) is 8.78 Å². The van der Waals surface area contributed by atoms with Crippen LogP contribution in [0.15, 0.2) is 36.4 Å². The molecule has 0 unspecified atom stereocenters. The van der Waals surface area contributed by atoms with Crippen LogP contribution in [0.3, 0.4) is 0 Å². The van der Waals surface area contributed by atoms with Crippen LogP contribution in [0, 0.1) is 29.9 Å². The Bertz CT molecular complexity index is 645. The zero-order chi connectivity index (χ0) is 13.8. The first-order chi connectivity index (χ1) is 9.10. The lowest BCUT2D eigenvalue weighted by molar-refractivity contribution is 0.602. The molecule has 19 heavy (non-hydrogen) atoms. The van der Waals surface area contributed by atoms with Crippen LogP contribution in [0.4, 0.5) is 14.5 Å². The molecular formula is C15H12F2N2. The Morgan fingerprint density at radius 1 is 1.16 bits per heavy atom. The second-order valence-corrected chi connectivity index (χ2v) is 4.23. The van der Waals surface area contributed by atoms with Crippen LogP contribution < -0.4 is 5.32 Å². The Morgan fingerprint density at radius 2 is 1.95 bits per heavy atom. The number of anilines is 1. The Morgan fingerprint density at radius 3 is 2.63 bits per heavy atom. The van der Waals surface area contributed by atoms with Gasteiger partial charge in [0.25, 0.3) is 0 Å². The number of benzene rings is 2. The number of halogens is 2. The van der Waals surface area contributed by atoms with Gasteiger partial charge in [0.2, 0.25) is 0 Å². The molecule has 0 saturated carbocycles. The Kier molecular flexibility index (Phi) is 3.76.